The second-order valence-corrected chi connectivity index (χ2v) is 9.79. The lowest BCUT2D eigenvalue weighted by Gasteiger charge is -2.21. The zero-order chi connectivity index (χ0) is 24.4. The summed E-state index contributed by atoms with van der Waals surface area (Å²) in [7, 11) is 0. The highest BCUT2D eigenvalue weighted by Crippen LogP contribution is 2.31. The Hall–Kier alpha value is -4.04. The second kappa shape index (κ2) is 9.31. The Morgan fingerprint density at radius 2 is 1.80 bits per heavy atom. The number of nitrogens with zero attached hydrogens (tertiary/aromatic N) is 2. The van der Waals surface area contributed by atoms with E-state index < -0.39 is 23.4 Å². The SMILES string of the molecule is C[C@@]1(CCc2ccccc2)NC(=O)N(CC(=O)Nc2cccc(-c3nc4ccccc4s3)c2)C1=O. The zero-order valence-corrected chi connectivity index (χ0v) is 20.0. The number of urea groups is 1. The van der Waals surface area contributed by atoms with E-state index in [1.807, 2.05) is 72.8 Å². The zero-order valence-electron chi connectivity index (χ0n) is 19.2. The Balaban J connectivity index is 1.24. The molecule has 4 amide bonds. The van der Waals surface area contributed by atoms with Crippen molar-refractivity contribution >= 4 is 45.1 Å². The highest BCUT2D eigenvalue weighted by molar-refractivity contribution is 7.21. The first-order valence-electron chi connectivity index (χ1n) is 11.4. The van der Waals surface area contributed by atoms with Gasteiger partial charge in [-0.05, 0) is 49.6 Å². The molecule has 8 heteroatoms. The van der Waals surface area contributed by atoms with Crippen molar-refractivity contribution in [1.29, 1.82) is 0 Å². The number of nitrogens with one attached hydrogen (secondary N) is 2. The van der Waals surface area contributed by atoms with Gasteiger partial charge in [-0.3, -0.25) is 14.5 Å². The Morgan fingerprint density at radius 1 is 1.03 bits per heavy atom. The fourth-order valence-electron chi connectivity index (χ4n) is 4.17. The Labute approximate surface area is 206 Å². The lowest BCUT2D eigenvalue weighted by molar-refractivity contribution is -0.133. The van der Waals surface area contributed by atoms with Crippen LogP contribution < -0.4 is 10.6 Å². The minimum absolute atomic E-state index is 0.350. The number of hydrogen-bond donors (Lipinski definition) is 2. The molecule has 0 aliphatic carbocycles. The molecule has 1 aromatic heterocycles. The van der Waals surface area contributed by atoms with Crippen LogP contribution in [0.2, 0.25) is 0 Å². The molecule has 1 saturated heterocycles. The molecule has 2 N–H and O–H groups in total. The van der Waals surface area contributed by atoms with Gasteiger partial charge >= 0.3 is 6.03 Å². The molecule has 1 aliphatic heterocycles. The number of thiazole rings is 1. The molecule has 4 aromatic rings. The topological polar surface area (TPSA) is 91.4 Å². The third-order valence-electron chi connectivity index (χ3n) is 6.09. The molecule has 0 radical (unpaired) electrons. The van der Waals surface area contributed by atoms with Gasteiger partial charge < -0.3 is 10.6 Å². The van der Waals surface area contributed by atoms with Crippen LogP contribution in [0.25, 0.3) is 20.8 Å². The number of aromatic nitrogens is 1. The van der Waals surface area contributed by atoms with Crippen molar-refractivity contribution in [2.75, 3.05) is 11.9 Å². The van der Waals surface area contributed by atoms with Gasteiger partial charge in [0.15, 0.2) is 0 Å². The van der Waals surface area contributed by atoms with Gasteiger partial charge in [0.25, 0.3) is 5.91 Å². The van der Waals surface area contributed by atoms with Crippen molar-refractivity contribution in [3.8, 4) is 10.6 Å². The molecule has 1 atom stereocenters. The van der Waals surface area contributed by atoms with Crippen LogP contribution in [0.3, 0.4) is 0 Å². The predicted octanol–water partition coefficient (Wildman–Crippen LogP) is 4.85. The molecule has 3 aromatic carbocycles. The van der Waals surface area contributed by atoms with E-state index >= 15 is 0 Å². The van der Waals surface area contributed by atoms with Gasteiger partial charge in [0.05, 0.1) is 10.2 Å². The average Bonchev–Trinajstić information content (AvgIpc) is 3.39. The first kappa shape index (κ1) is 22.7. The number of anilines is 1. The van der Waals surface area contributed by atoms with E-state index in [9.17, 15) is 14.4 Å². The number of carbonyl (C=O) groups excluding carboxylic acids is 3. The summed E-state index contributed by atoms with van der Waals surface area (Å²) in [6.45, 7) is 1.35. The summed E-state index contributed by atoms with van der Waals surface area (Å²) < 4.78 is 1.09. The maximum Gasteiger partial charge on any atom is 0.325 e. The monoisotopic (exact) mass is 484 g/mol. The lowest BCUT2D eigenvalue weighted by Crippen LogP contribution is -2.45. The van der Waals surface area contributed by atoms with Gasteiger partial charge in [0, 0.05) is 11.3 Å². The highest BCUT2D eigenvalue weighted by Gasteiger charge is 2.47. The normalized spacial score (nSPS) is 17.6. The van der Waals surface area contributed by atoms with Crippen LogP contribution in [0.5, 0.6) is 0 Å². The van der Waals surface area contributed by atoms with Crippen LogP contribution in [0, 0.1) is 0 Å². The number of carbonyl (C=O) groups is 3. The Kier molecular flexibility index (Phi) is 6.05. The van der Waals surface area contributed by atoms with Crippen molar-refractivity contribution in [3.05, 3.63) is 84.4 Å². The minimum atomic E-state index is -1.04. The standard InChI is InChI=1S/C27H24N4O3S/c1-27(15-14-18-8-3-2-4-9-18)25(33)31(26(34)30-27)17-23(32)28-20-11-7-10-19(16-20)24-29-21-12-5-6-13-22(21)35-24/h2-13,16H,14-15,17H2,1H3,(H,28,32)(H,30,34)/t27-/m0/s1. The Bertz CT molecular complexity index is 1390. The molecular weight excluding hydrogens is 460 g/mol. The summed E-state index contributed by atoms with van der Waals surface area (Å²) in [5, 5.41) is 6.42. The molecular formula is C27H24N4O3S. The predicted molar refractivity (Wildman–Crippen MR) is 137 cm³/mol. The van der Waals surface area contributed by atoms with Gasteiger partial charge in [-0.2, -0.15) is 0 Å². The number of imide groups is 1. The van der Waals surface area contributed by atoms with E-state index in [4.69, 9.17) is 0 Å². The van der Waals surface area contributed by atoms with Gasteiger partial charge in [0.2, 0.25) is 5.91 Å². The van der Waals surface area contributed by atoms with E-state index in [1.54, 1.807) is 24.3 Å². The second-order valence-electron chi connectivity index (χ2n) is 8.75. The molecule has 0 unspecified atom stereocenters. The number of para-hydroxylation sites is 1. The Morgan fingerprint density at radius 3 is 2.60 bits per heavy atom. The van der Waals surface area contributed by atoms with E-state index in [2.05, 4.69) is 15.6 Å². The van der Waals surface area contributed by atoms with Gasteiger partial charge in [0.1, 0.15) is 17.1 Å². The number of rotatable bonds is 7. The fraction of sp³-hybridized carbons (Fsp3) is 0.185. The lowest BCUT2D eigenvalue weighted by atomic mass is 9.93. The minimum Gasteiger partial charge on any atom is -0.325 e. The number of fused-ring (bicyclic) bond motifs is 1. The maximum atomic E-state index is 13.0. The van der Waals surface area contributed by atoms with Crippen LogP contribution in [0.4, 0.5) is 10.5 Å². The van der Waals surface area contributed by atoms with Crippen LogP contribution in [0.15, 0.2) is 78.9 Å². The molecule has 1 fully saturated rings. The van der Waals surface area contributed by atoms with E-state index in [-0.39, 0.29) is 6.54 Å². The van der Waals surface area contributed by atoms with Crippen LogP contribution in [0.1, 0.15) is 18.9 Å². The molecule has 35 heavy (non-hydrogen) atoms. The van der Waals surface area contributed by atoms with Crippen LogP contribution >= 0.6 is 11.3 Å². The van der Waals surface area contributed by atoms with Crippen molar-refractivity contribution in [2.45, 2.75) is 25.3 Å². The summed E-state index contributed by atoms with van der Waals surface area (Å²) in [6, 6.07) is 24.5. The van der Waals surface area contributed by atoms with E-state index in [1.165, 1.54) is 0 Å². The third-order valence-corrected chi connectivity index (χ3v) is 7.18. The number of hydrogen-bond acceptors (Lipinski definition) is 5. The molecule has 0 spiro atoms. The smallest absolute Gasteiger partial charge is 0.325 e. The summed E-state index contributed by atoms with van der Waals surface area (Å²) in [6.07, 6.45) is 1.09. The first-order valence-corrected chi connectivity index (χ1v) is 12.2. The van der Waals surface area contributed by atoms with Crippen molar-refractivity contribution in [2.24, 2.45) is 0 Å². The van der Waals surface area contributed by atoms with Gasteiger partial charge in [-0.15, -0.1) is 11.3 Å². The van der Waals surface area contributed by atoms with Crippen LogP contribution in [-0.4, -0.2) is 39.8 Å². The van der Waals surface area contributed by atoms with Gasteiger partial charge in [-0.1, -0.05) is 54.6 Å². The molecule has 1 aliphatic rings. The molecule has 2 heterocycles. The number of benzene rings is 3. The summed E-state index contributed by atoms with van der Waals surface area (Å²) in [5.41, 5.74) is 2.42. The van der Waals surface area contributed by atoms with E-state index in [0.29, 0.717) is 18.5 Å². The van der Waals surface area contributed by atoms with Crippen molar-refractivity contribution in [1.82, 2.24) is 15.2 Å². The maximum absolute atomic E-state index is 13.0. The summed E-state index contributed by atoms with van der Waals surface area (Å²) in [4.78, 5) is 43.9. The molecule has 0 saturated carbocycles. The average molecular weight is 485 g/mol. The third kappa shape index (κ3) is 4.79. The quantitative estimate of drug-likeness (QED) is 0.367. The highest BCUT2D eigenvalue weighted by atomic mass is 32.1. The molecule has 5 rings (SSSR count). The van der Waals surface area contributed by atoms with E-state index in [0.717, 1.165) is 31.3 Å². The fourth-order valence-corrected chi connectivity index (χ4v) is 5.13. The summed E-state index contributed by atoms with van der Waals surface area (Å²) in [5.74, 6) is -0.834. The first-order chi connectivity index (χ1) is 16.9. The van der Waals surface area contributed by atoms with Gasteiger partial charge in [-0.25, -0.2) is 9.78 Å². The van der Waals surface area contributed by atoms with Crippen molar-refractivity contribution < 1.29 is 14.4 Å². The molecule has 0 bridgehead atoms. The number of aryl methyl sites for hydroxylation is 1. The molecule has 7 nitrogen and oxygen atoms in total. The van der Waals surface area contributed by atoms with Crippen LogP contribution in [-0.2, 0) is 16.0 Å². The largest absolute Gasteiger partial charge is 0.325 e. The number of amides is 4. The summed E-state index contributed by atoms with van der Waals surface area (Å²) >= 11 is 1.58. The molecule has 176 valence electrons. The van der Waals surface area contributed by atoms with Crippen molar-refractivity contribution in [3.63, 3.8) is 0 Å².